The fraction of sp³-hybridized carbons (Fsp3) is 0.214. The number of piperazine rings is 1. The van der Waals surface area contributed by atoms with Gasteiger partial charge in [0.1, 0.15) is 5.69 Å². The number of nitrogens with one attached hydrogen (secondary N) is 1. The quantitative estimate of drug-likeness (QED) is 0.350. The van der Waals surface area contributed by atoms with E-state index in [0.717, 1.165) is 48.7 Å². The third-order valence-corrected chi connectivity index (χ3v) is 6.87. The van der Waals surface area contributed by atoms with Crippen molar-refractivity contribution in [1.82, 2.24) is 9.88 Å². The van der Waals surface area contributed by atoms with Gasteiger partial charge in [0.05, 0.1) is 5.75 Å². The van der Waals surface area contributed by atoms with Crippen LogP contribution < -0.4 is 10.2 Å². The molecule has 178 valence electrons. The molecule has 0 bridgehead atoms. The van der Waals surface area contributed by atoms with E-state index >= 15 is 0 Å². The lowest BCUT2D eigenvalue weighted by atomic mass is 10.1. The standard InChI is InChI=1S/C28H28N4O2S/c1-31-16-18-32(19-17-31)24-14-12-23(13-15-24)29-25(33)20-35-28-30-26(21-8-4-2-5-9-21)27(34-28)22-10-6-3-7-11-22/h2-15H,16-20H2,1H3,(H,29,33). The minimum atomic E-state index is -0.0944. The second kappa shape index (κ2) is 10.8. The number of nitrogens with zero attached hydrogens (tertiary/aromatic N) is 3. The number of likely N-dealkylation sites (N-methyl/N-ethyl adjacent to an activating group) is 1. The SMILES string of the molecule is CN1CCN(c2ccc(NC(=O)CSc3nc(-c4ccccc4)c(-c4ccccc4)o3)cc2)CC1. The number of rotatable bonds is 7. The highest BCUT2D eigenvalue weighted by molar-refractivity contribution is 7.99. The molecule has 1 amide bonds. The Morgan fingerprint density at radius 2 is 1.51 bits per heavy atom. The van der Waals surface area contributed by atoms with Crippen molar-refractivity contribution < 1.29 is 9.21 Å². The number of carbonyl (C=O) groups is 1. The number of hydrogen-bond donors (Lipinski definition) is 1. The first-order chi connectivity index (χ1) is 17.2. The van der Waals surface area contributed by atoms with Crippen LogP contribution in [0.5, 0.6) is 0 Å². The molecule has 2 heterocycles. The molecule has 1 fully saturated rings. The molecule has 35 heavy (non-hydrogen) atoms. The van der Waals surface area contributed by atoms with E-state index in [0.29, 0.717) is 11.0 Å². The lowest BCUT2D eigenvalue weighted by Crippen LogP contribution is -2.44. The molecule has 1 aromatic heterocycles. The predicted octanol–water partition coefficient (Wildman–Crippen LogP) is 5.49. The molecule has 0 saturated carbocycles. The zero-order chi connectivity index (χ0) is 24.0. The second-order valence-electron chi connectivity index (χ2n) is 8.56. The molecule has 0 atom stereocenters. The molecule has 5 rings (SSSR count). The van der Waals surface area contributed by atoms with Crippen molar-refractivity contribution in [2.75, 3.05) is 49.2 Å². The molecule has 6 nitrogen and oxygen atoms in total. The summed E-state index contributed by atoms with van der Waals surface area (Å²) in [4.78, 5) is 22.0. The van der Waals surface area contributed by atoms with E-state index in [1.165, 1.54) is 17.4 Å². The van der Waals surface area contributed by atoms with Crippen LogP contribution in [0.3, 0.4) is 0 Å². The number of benzene rings is 3. The average molecular weight is 485 g/mol. The second-order valence-corrected chi connectivity index (χ2v) is 9.49. The van der Waals surface area contributed by atoms with Gasteiger partial charge in [-0.25, -0.2) is 4.98 Å². The van der Waals surface area contributed by atoms with E-state index in [1.54, 1.807) is 0 Å². The van der Waals surface area contributed by atoms with Gasteiger partial charge in [0, 0.05) is 48.7 Å². The van der Waals surface area contributed by atoms with Gasteiger partial charge in [-0.3, -0.25) is 4.79 Å². The van der Waals surface area contributed by atoms with Crippen LogP contribution in [0.25, 0.3) is 22.6 Å². The van der Waals surface area contributed by atoms with Crippen LogP contribution in [-0.4, -0.2) is 54.8 Å². The molecule has 1 aliphatic heterocycles. The van der Waals surface area contributed by atoms with Crippen LogP contribution >= 0.6 is 11.8 Å². The Labute approximate surface area is 210 Å². The van der Waals surface area contributed by atoms with Gasteiger partial charge >= 0.3 is 0 Å². The van der Waals surface area contributed by atoms with Gasteiger partial charge in [0.25, 0.3) is 5.22 Å². The van der Waals surface area contributed by atoms with Crippen molar-refractivity contribution in [2.45, 2.75) is 5.22 Å². The first kappa shape index (κ1) is 23.2. The highest BCUT2D eigenvalue weighted by Crippen LogP contribution is 2.35. The molecule has 1 N–H and O–H groups in total. The van der Waals surface area contributed by atoms with Crippen LogP contribution in [0.15, 0.2) is 94.6 Å². The van der Waals surface area contributed by atoms with Crippen molar-refractivity contribution in [3.8, 4) is 22.6 Å². The Morgan fingerprint density at radius 3 is 2.17 bits per heavy atom. The third-order valence-electron chi connectivity index (χ3n) is 6.04. The predicted molar refractivity (Wildman–Crippen MR) is 143 cm³/mol. The molecule has 0 spiro atoms. The van der Waals surface area contributed by atoms with E-state index in [1.807, 2.05) is 72.8 Å². The maximum atomic E-state index is 12.6. The Kier molecular flexibility index (Phi) is 7.16. The fourth-order valence-electron chi connectivity index (χ4n) is 4.08. The van der Waals surface area contributed by atoms with Gasteiger partial charge in [-0.2, -0.15) is 0 Å². The normalized spacial score (nSPS) is 14.1. The Balaban J connectivity index is 1.23. The summed E-state index contributed by atoms with van der Waals surface area (Å²) >= 11 is 1.30. The minimum Gasteiger partial charge on any atom is -0.431 e. The number of thioether (sulfide) groups is 1. The monoisotopic (exact) mass is 484 g/mol. The van der Waals surface area contributed by atoms with Crippen LogP contribution in [0.2, 0.25) is 0 Å². The molecule has 0 radical (unpaired) electrons. The Hall–Kier alpha value is -3.55. The smallest absolute Gasteiger partial charge is 0.257 e. The van der Waals surface area contributed by atoms with E-state index < -0.39 is 0 Å². The lowest BCUT2D eigenvalue weighted by Gasteiger charge is -2.34. The number of aromatic nitrogens is 1. The number of carbonyl (C=O) groups excluding carboxylic acids is 1. The van der Waals surface area contributed by atoms with Crippen LogP contribution in [0.4, 0.5) is 11.4 Å². The summed E-state index contributed by atoms with van der Waals surface area (Å²) in [6, 6.07) is 27.9. The molecular weight excluding hydrogens is 456 g/mol. The summed E-state index contributed by atoms with van der Waals surface area (Å²) < 4.78 is 6.11. The molecule has 3 aromatic carbocycles. The maximum absolute atomic E-state index is 12.6. The Bertz CT molecular complexity index is 1190. The van der Waals surface area contributed by atoms with Gasteiger partial charge in [-0.15, -0.1) is 0 Å². The van der Waals surface area contributed by atoms with Crippen molar-refractivity contribution in [1.29, 1.82) is 0 Å². The lowest BCUT2D eigenvalue weighted by molar-refractivity contribution is -0.113. The molecule has 1 saturated heterocycles. The van der Waals surface area contributed by atoms with Crippen LogP contribution in [-0.2, 0) is 4.79 Å². The number of hydrogen-bond acceptors (Lipinski definition) is 6. The highest BCUT2D eigenvalue weighted by Gasteiger charge is 2.18. The first-order valence-corrected chi connectivity index (χ1v) is 12.7. The zero-order valence-corrected chi connectivity index (χ0v) is 20.5. The van der Waals surface area contributed by atoms with Crippen molar-refractivity contribution in [3.05, 3.63) is 84.9 Å². The topological polar surface area (TPSA) is 61.6 Å². The summed E-state index contributed by atoms with van der Waals surface area (Å²) in [5, 5.41) is 3.45. The molecule has 0 unspecified atom stereocenters. The minimum absolute atomic E-state index is 0.0944. The summed E-state index contributed by atoms with van der Waals surface area (Å²) in [6.07, 6.45) is 0. The van der Waals surface area contributed by atoms with E-state index in [-0.39, 0.29) is 11.7 Å². The van der Waals surface area contributed by atoms with E-state index in [4.69, 9.17) is 9.40 Å². The van der Waals surface area contributed by atoms with Gasteiger partial charge in [-0.05, 0) is 31.3 Å². The van der Waals surface area contributed by atoms with E-state index in [9.17, 15) is 4.79 Å². The van der Waals surface area contributed by atoms with Crippen LogP contribution in [0.1, 0.15) is 0 Å². The molecule has 7 heteroatoms. The molecule has 1 aliphatic rings. The van der Waals surface area contributed by atoms with Crippen molar-refractivity contribution >= 4 is 29.0 Å². The number of anilines is 2. The average Bonchev–Trinajstić information content (AvgIpc) is 3.34. The first-order valence-electron chi connectivity index (χ1n) is 11.7. The summed E-state index contributed by atoms with van der Waals surface area (Å²) in [7, 11) is 2.15. The number of oxazole rings is 1. The van der Waals surface area contributed by atoms with Crippen molar-refractivity contribution in [2.24, 2.45) is 0 Å². The molecule has 0 aliphatic carbocycles. The largest absolute Gasteiger partial charge is 0.431 e. The Morgan fingerprint density at radius 1 is 0.886 bits per heavy atom. The van der Waals surface area contributed by atoms with Gasteiger partial charge < -0.3 is 19.5 Å². The summed E-state index contributed by atoms with van der Waals surface area (Å²) in [6.45, 7) is 4.17. The number of amides is 1. The van der Waals surface area contributed by atoms with Crippen LogP contribution in [0, 0.1) is 0 Å². The fourth-order valence-corrected chi connectivity index (χ4v) is 4.71. The van der Waals surface area contributed by atoms with Gasteiger partial charge in [-0.1, -0.05) is 72.4 Å². The molecular formula is C28H28N4O2S. The van der Waals surface area contributed by atoms with Gasteiger partial charge in [0.2, 0.25) is 5.91 Å². The maximum Gasteiger partial charge on any atom is 0.257 e. The summed E-state index contributed by atoms with van der Waals surface area (Å²) in [5.74, 6) is 0.825. The summed E-state index contributed by atoms with van der Waals surface area (Å²) in [5.41, 5.74) is 4.68. The third kappa shape index (κ3) is 5.75. The molecule has 4 aromatic rings. The van der Waals surface area contributed by atoms with Crippen molar-refractivity contribution in [3.63, 3.8) is 0 Å². The highest BCUT2D eigenvalue weighted by atomic mass is 32.2. The zero-order valence-electron chi connectivity index (χ0n) is 19.7. The van der Waals surface area contributed by atoms with Gasteiger partial charge in [0.15, 0.2) is 5.76 Å². The van der Waals surface area contributed by atoms with E-state index in [2.05, 4.69) is 34.3 Å².